The Bertz CT molecular complexity index is 575. The Morgan fingerprint density at radius 3 is 2.71 bits per heavy atom. The standard InChI is InChI=1S/C16H20N2O2S/c1-11-9-18(14-5-3-4-6-15(14)21-11)16(20)13-7-8-17(10-13)12(2)19/h3-6,11,13H,7-10H2,1-2H3/t11-,13+/m1/s1. The number of carbonyl (C=O) groups excluding carboxylic acids is 2. The van der Waals surface area contributed by atoms with E-state index in [9.17, 15) is 9.59 Å². The Hall–Kier alpha value is -1.49. The van der Waals surface area contributed by atoms with Gasteiger partial charge >= 0.3 is 0 Å². The smallest absolute Gasteiger partial charge is 0.232 e. The second-order valence-electron chi connectivity index (χ2n) is 5.80. The maximum atomic E-state index is 12.9. The minimum Gasteiger partial charge on any atom is -0.342 e. The van der Waals surface area contributed by atoms with Crippen LogP contribution in [0.15, 0.2) is 29.2 Å². The highest BCUT2D eigenvalue weighted by Crippen LogP contribution is 2.39. The average Bonchev–Trinajstić information content (AvgIpc) is 2.95. The first-order chi connectivity index (χ1) is 10.1. The number of carbonyl (C=O) groups is 2. The lowest BCUT2D eigenvalue weighted by Crippen LogP contribution is -2.43. The Kier molecular flexibility index (Phi) is 3.93. The van der Waals surface area contributed by atoms with Gasteiger partial charge in [-0.2, -0.15) is 0 Å². The lowest BCUT2D eigenvalue weighted by Gasteiger charge is -2.34. The van der Waals surface area contributed by atoms with Gasteiger partial charge < -0.3 is 9.80 Å². The van der Waals surface area contributed by atoms with E-state index < -0.39 is 0 Å². The third-order valence-corrected chi connectivity index (χ3v) is 5.32. The number of fused-ring (bicyclic) bond motifs is 1. The quantitative estimate of drug-likeness (QED) is 0.800. The van der Waals surface area contributed by atoms with E-state index in [1.54, 1.807) is 11.8 Å². The predicted molar refractivity (Wildman–Crippen MR) is 84.5 cm³/mol. The molecule has 2 atom stereocenters. The number of benzene rings is 1. The van der Waals surface area contributed by atoms with Crippen LogP contribution in [-0.4, -0.2) is 41.6 Å². The number of nitrogens with zero attached hydrogens (tertiary/aromatic N) is 2. The van der Waals surface area contributed by atoms with Gasteiger partial charge in [-0.05, 0) is 18.6 Å². The SMILES string of the molecule is CC(=O)N1CC[C@H](C(=O)N2C[C@@H](C)Sc3ccccc32)C1. The van der Waals surface area contributed by atoms with E-state index in [1.807, 2.05) is 34.9 Å². The van der Waals surface area contributed by atoms with Crippen molar-refractivity contribution in [1.82, 2.24) is 4.90 Å². The summed E-state index contributed by atoms with van der Waals surface area (Å²) in [6, 6.07) is 8.09. The zero-order valence-electron chi connectivity index (χ0n) is 12.4. The van der Waals surface area contributed by atoms with E-state index in [2.05, 4.69) is 13.0 Å². The fraction of sp³-hybridized carbons (Fsp3) is 0.500. The van der Waals surface area contributed by atoms with Crippen LogP contribution in [0, 0.1) is 5.92 Å². The average molecular weight is 304 g/mol. The summed E-state index contributed by atoms with van der Waals surface area (Å²) in [4.78, 5) is 29.2. The van der Waals surface area contributed by atoms with Gasteiger partial charge in [0.05, 0.1) is 11.6 Å². The van der Waals surface area contributed by atoms with Crippen molar-refractivity contribution in [2.75, 3.05) is 24.5 Å². The summed E-state index contributed by atoms with van der Waals surface area (Å²) in [6.07, 6.45) is 0.776. The monoisotopic (exact) mass is 304 g/mol. The molecule has 0 N–H and O–H groups in total. The molecule has 0 bridgehead atoms. The lowest BCUT2D eigenvalue weighted by atomic mass is 10.1. The fourth-order valence-corrected chi connectivity index (χ4v) is 4.18. The number of thioether (sulfide) groups is 1. The highest BCUT2D eigenvalue weighted by atomic mass is 32.2. The molecule has 4 nitrogen and oxygen atoms in total. The zero-order chi connectivity index (χ0) is 15.0. The van der Waals surface area contributed by atoms with Crippen molar-refractivity contribution in [1.29, 1.82) is 0 Å². The largest absolute Gasteiger partial charge is 0.342 e. The van der Waals surface area contributed by atoms with Crippen molar-refractivity contribution in [3.05, 3.63) is 24.3 Å². The van der Waals surface area contributed by atoms with Gasteiger partial charge in [-0.3, -0.25) is 9.59 Å². The van der Waals surface area contributed by atoms with Crippen LogP contribution in [0.3, 0.4) is 0 Å². The second kappa shape index (κ2) is 5.72. The molecule has 21 heavy (non-hydrogen) atoms. The Morgan fingerprint density at radius 1 is 1.24 bits per heavy atom. The molecule has 1 aromatic rings. The van der Waals surface area contributed by atoms with Crippen LogP contribution < -0.4 is 4.90 Å². The van der Waals surface area contributed by atoms with Gasteiger partial charge in [0, 0.05) is 36.7 Å². The van der Waals surface area contributed by atoms with E-state index in [4.69, 9.17) is 0 Å². The third kappa shape index (κ3) is 2.79. The van der Waals surface area contributed by atoms with Crippen molar-refractivity contribution >= 4 is 29.3 Å². The number of amides is 2. The molecule has 1 saturated heterocycles. The molecule has 1 aromatic carbocycles. The normalized spacial score (nSPS) is 24.9. The summed E-state index contributed by atoms with van der Waals surface area (Å²) in [5.41, 5.74) is 1.02. The minimum absolute atomic E-state index is 0.0581. The summed E-state index contributed by atoms with van der Waals surface area (Å²) < 4.78 is 0. The van der Waals surface area contributed by atoms with E-state index in [1.165, 1.54) is 4.90 Å². The second-order valence-corrected chi connectivity index (χ2v) is 7.28. The van der Waals surface area contributed by atoms with Crippen LogP contribution in [0.25, 0.3) is 0 Å². The van der Waals surface area contributed by atoms with Crippen molar-refractivity contribution in [3.63, 3.8) is 0 Å². The predicted octanol–water partition coefficient (Wildman–Crippen LogP) is 2.38. The van der Waals surface area contributed by atoms with Crippen LogP contribution >= 0.6 is 11.8 Å². The van der Waals surface area contributed by atoms with Crippen molar-refractivity contribution in [3.8, 4) is 0 Å². The van der Waals surface area contributed by atoms with Gasteiger partial charge in [-0.25, -0.2) is 0 Å². The van der Waals surface area contributed by atoms with Crippen LogP contribution in [-0.2, 0) is 9.59 Å². The first-order valence-electron chi connectivity index (χ1n) is 7.39. The number of likely N-dealkylation sites (tertiary alicyclic amines) is 1. The fourth-order valence-electron chi connectivity index (χ4n) is 3.07. The topological polar surface area (TPSA) is 40.6 Å². The third-order valence-electron chi connectivity index (χ3n) is 4.17. The molecule has 2 aliphatic heterocycles. The number of para-hydroxylation sites is 1. The molecule has 3 rings (SSSR count). The molecule has 0 unspecified atom stereocenters. The molecule has 0 aliphatic carbocycles. The van der Waals surface area contributed by atoms with Gasteiger partial charge in [-0.1, -0.05) is 19.1 Å². The molecule has 0 aromatic heterocycles. The molecule has 5 heteroatoms. The van der Waals surface area contributed by atoms with Crippen molar-refractivity contribution in [2.45, 2.75) is 30.4 Å². The zero-order valence-corrected chi connectivity index (χ0v) is 13.2. The molecular weight excluding hydrogens is 284 g/mol. The Morgan fingerprint density at radius 2 is 2.00 bits per heavy atom. The van der Waals surface area contributed by atoms with Crippen molar-refractivity contribution < 1.29 is 9.59 Å². The summed E-state index contributed by atoms with van der Waals surface area (Å²) in [7, 11) is 0. The van der Waals surface area contributed by atoms with Gasteiger partial charge in [0.15, 0.2) is 0 Å². The Balaban J connectivity index is 1.81. The molecular formula is C16H20N2O2S. The molecule has 0 spiro atoms. The molecule has 2 heterocycles. The molecule has 1 fully saturated rings. The van der Waals surface area contributed by atoms with E-state index in [0.29, 0.717) is 18.3 Å². The van der Waals surface area contributed by atoms with Gasteiger partial charge in [0.2, 0.25) is 11.8 Å². The molecule has 0 radical (unpaired) electrons. The summed E-state index contributed by atoms with van der Waals surface area (Å²) in [6.45, 7) is 5.73. The maximum absolute atomic E-state index is 12.9. The molecule has 2 amide bonds. The van der Waals surface area contributed by atoms with Gasteiger partial charge in [0.25, 0.3) is 0 Å². The number of hydrogen-bond acceptors (Lipinski definition) is 3. The number of hydrogen-bond donors (Lipinski definition) is 0. The first kappa shape index (κ1) is 14.4. The summed E-state index contributed by atoms with van der Waals surface area (Å²) in [5.74, 6) is 0.170. The van der Waals surface area contributed by atoms with Gasteiger partial charge in [-0.15, -0.1) is 11.8 Å². The molecule has 112 valence electrons. The highest BCUT2D eigenvalue weighted by molar-refractivity contribution is 8.00. The molecule has 0 saturated carbocycles. The van der Waals surface area contributed by atoms with E-state index in [-0.39, 0.29) is 17.7 Å². The van der Waals surface area contributed by atoms with E-state index in [0.717, 1.165) is 18.7 Å². The van der Waals surface area contributed by atoms with E-state index >= 15 is 0 Å². The lowest BCUT2D eigenvalue weighted by molar-refractivity contribution is -0.128. The van der Waals surface area contributed by atoms with Crippen LogP contribution in [0.1, 0.15) is 20.3 Å². The van der Waals surface area contributed by atoms with Crippen LogP contribution in [0.4, 0.5) is 5.69 Å². The summed E-state index contributed by atoms with van der Waals surface area (Å²) in [5, 5.41) is 0.397. The first-order valence-corrected chi connectivity index (χ1v) is 8.27. The van der Waals surface area contributed by atoms with Crippen molar-refractivity contribution in [2.24, 2.45) is 5.92 Å². The maximum Gasteiger partial charge on any atom is 0.232 e. The summed E-state index contributed by atoms with van der Waals surface area (Å²) >= 11 is 1.82. The highest BCUT2D eigenvalue weighted by Gasteiger charge is 2.35. The Labute approximate surface area is 129 Å². The molecule has 2 aliphatic rings. The van der Waals surface area contributed by atoms with Gasteiger partial charge in [0.1, 0.15) is 0 Å². The van der Waals surface area contributed by atoms with Crippen LogP contribution in [0.5, 0.6) is 0 Å². The number of anilines is 1. The minimum atomic E-state index is -0.0581. The number of rotatable bonds is 1. The van der Waals surface area contributed by atoms with Crippen LogP contribution in [0.2, 0.25) is 0 Å².